The average Bonchev–Trinajstić information content (AvgIpc) is 2.52. The van der Waals surface area contributed by atoms with Crippen molar-refractivity contribution in [3.8, 4) is 0 Å². The molecule has 98 valence electrons. The minimum Gasteiger partial charge on any atom is -0.391 e. The van der Waals surface area contributed by atoms with Gasteiger partial charge in [-0.15, -0.1) is 11.3 Å². The molecule has 2 atom stereocenters. The standard InChI is InChI=1S/C14H20N2OS/c1-12(17)13-11-15-8-9-16(13)14-7-5-3-2-4-6-10-18-14/h2-7,10,12-13,15,17H,8-9,11H2,1H3. The van der Waals surface area contributed by atoms with E-state index in [1.54, 1.807) is 11.3 Å². The lowest BCUT2D eigenvalue weighted by Crippen LogP contribution is -2.55. The summed E-state index contributed by atoms with van der Waals surface area (Å²) in [6.45, 7) is 4.59. The molecular formula is C14H20N2OS. The van der Waals surface area contributed by atoms with Gasteiger partial charge < -0.3 is 15.3 Å². The minimum absolute atomic E-state index is 0.146. The topological polar surface area (TPSA) is 35.5 Å². The van der Waals surface area contributed by atoms with Crippen LogP contribution in [0, 0.1) is 0 Å². The maximum Gasteiger partial charge on any atom is 0.0912 e. The Labute approximate surface area is 112 Å². The fourth-order valence-corrected chi connectivity index (χ4v) is 2.95. The predicted molar refractivity (Wildman–Crippen MR) is 77.6 cm³/mol. The number of aliphatic hydroxyl groups is 1. The maximum atomic E-state index is 9.89. The van der Waals surface area contributed by atoms with Gasteiger partial charge in [0, 0.05) is 19.6 Å². The van der Waals surface area contributed by atoms with Gasteiger partial charge in [0.15, 0.2) is 0 Å². The lowest BCUT2D eigenvalue weighted by atomic mass is 10.1. The summed E-state index contributed by atoms with van der Waals surface area (Å²) in [5.74, 6) is 0. The summed E-state index contributed by atoms with van der Waals surface area (Å²) in [5.41, 5.74) is 0. The Balaban J connectivity index is 2.31. The van der Waals surface area contributed by atoms with Crippen LogP contribution in [-0.2, 0) is 0 Å². The molecule has 0 aliphatic carbocycles. The number of hydrogen-bond donors (Lipinski definition) is 2. The highest BCUT2D eigenvalue weighted by Gasteiger charge is 2.26. The zero-order chi connectivity index (χ0) is 12.8. The summed E-state index contributed by atoms with van der Waals surface area (Å²) >= 11 is 1.70. The van der Waals surface area contributed by atoms with E-state index in [2.05, 4.69) is 21.7 Å². The Morgan fingerprint density at radius 2 is 2.11 bits per heavy atom. The van der Waals surface area contributed by atoms with Crippen molar-refractivity contribution in [2.45, 2.75) is 19.1 Å². The zero-order valence-electron chi connectivity index (χ0n) is 10.6. The summed E-state index contributed by atoms with van der Waals surface area (Å²) in [5, 5.41) is 16.5. The summed E-state index contributed by atoms with van der Waals surface area (Å²) in [7, 11) is 0. The third-order valence-electron chi connectivity index (χ3n) is 3.07. The van der Waals surface area contributed by atoms with Gasteiger partial charge >= 0.3 is 0 Å². The van der Waals surface area contributed by atoms with Crippen LogP contribution in [0.3, 0.4) is 0 Å². The SMILES string of the molecule is CC(O)C1CNCCN1c1cccccccs1. The van der Waals surface area contributed by atoms with Crippen molar-refractivity contribution < 1.29 is 5.11 Å². The second kappa shape index (κ2) is 6.73. The van der Waals surface area contributed by atoms with Gasteiger partial charge in [-0.05, 0) is 18.4 Å². The molecule has 1 aromatic heterocycles. The van der Waals surface area contributed by atoms with Gasteiger partial charge in [0.2, 0.25) is 0 Å². The first kappa shape index (κ1) is 13.3. The highest BCUT2D eigenvalue weighted by atomic mass is 32.1. The quantitative estimate of drug-likeness (QED) is 0.858. The third-order valence-corrected chi connectivity index (χ3v) is 3.98. The summed E-state index contributed by atoms with van der Waals surface area (Å²) in [6, 6.07) is 12.4. The molecule has 1 aliphatic heterocycles. The van der Waals surface area contributed by atoms with Crippen LogP contribution >= 0.6 is 11.3 Å². The first-order valence-corrected chi connectivity index (χ1v) is 7.19. The molecular weight excluding hydrogens is 244 g/mol. The molecule has 2 unspecified atom stereocenters. The number of hydrogen-bond acceptors (Lipinski definition) is 4. The normalized spacial score (nSPS) is 21.2. The molecule has 3 nitrogen and oxygen atoms in total. The molecule has 4 heteroatoms. The number of aliphatic hydroxyl groups excluding tert-OH is 1. The Hall–Kier alpha value is -1.10. The van der Waals surface area contributed by atoms with E-state index < -0.39 is 0 Å². The van der Waals surface area contributed by atoms with Crippen LogP contribution in [0.4, 0.5) is 5.00 Å². The highest BCUT2D eigenvalue weighted by molar-refractivity contribution is 7.13. The molecule has 2 rings (SSSR count). The Kier molecular flexibility index (Phi) is 4.99. The van der Waals surface area contributed by atoms with Crippen LogP contribution in [0.15, 0.2) is 41.8 Å². The Morgan fingerprint density at radius 1 is 1.33 bits per heavy atom. The number of nitrogens with zero attached hydrogens (tertiary/aromatic N) is 1. The van der Waals surface area contributed by atoms with E-state index in [9.17, 15) is 5.11 Å². The van der Waals surface area contributed by atoms with Crippen molar-refractivity contribution in [1.29, 1.82) is 0 Å². The Morgan fingerprint density at radius 3 is 2.94 bits per heavy atom. The molecule has 0 aromatic carbocycles. The summed E-state index contributed by atoms with van der Waals surface area (Å²) in [6.07, 6.45) is -0.335. The molecule has 2 N–H and O–H groups in total. The van der Waals surface area contributed by atoms with Crippen molar-refractivity contribution in [3.63, 3.8) is 0 Å². The van der Waals surface area contributed by atoms with Gasteiger partial charge in [-0.1, -0.05) is 30.3 Å². The summed E-state index contributed by atoms with van der Waals surface area (Å²) in [4.78, 5) is 2.30. The van der Waals surface area contributed by atoms with Gasteiger partial charge in [-0.2, -0.15) is 0 Å². The number of rotatable bonds is 2. The highest BCUT2D eigenvalue weighted by Crippen LogP contribution is 2.22. The van der Waals surface area contributed by atoms with E-state index in [0.717, 1.165) is 19.6 Å². The number of nitrogens with one attached hydrogen (secondary N) is 1. The molecule has 0 amide bonds. The maximum absolute atomic E-state index is 9.89. The van der Waals surface area contributed by atoms with Crippen molar-refractivity contribution in [2.24, 2.45) is 0 Å². The minimum atomic E-state index is -0.335. The molecule has 1 fully saturated rings. The molecule has 1 aliphatic rings. The fourth-order valence-electron chi connectivity index (χ4n) is 2.12. The van der Waals surface area contributed by atoms with Crippen LogP contribution in [-0.4, -0.2) is 36.9 Å². The lowest BCUT2D eigenvalue weighted by Gasteiger charge is -2.38. The van der Waals surface area contributed by atoms with Crippen LogP contribution < -0.4 is 10.2 Å². The van der Waals surface area contributed by atoms with E-state index in [0.29, 0.717) is 0 Å². The molecule has 1 aromatic rings. The molecule has 18 heavy (non-hydrogen) atoms. The average molecular weight is 264 g/mol. The van der Waals surface area contributed by atoms with Crippen molar-refractivity contribution >= 4 is 16.3 Å². The van der Waals surface area contributed by atoms with Gasteiger partial charge in [-0.3, -0.25) is 0 Å². The van der Waals surface area contributed by atoms with E-state index in [1.165, 1.54) is 5.00 Å². The second-order valence-corrected chi connectivity index (χ2v) is 5.35. The number of anilines is 1. The van der Waals surface area contributed by atoms with E-state index in [1.807, 2.05) is 37.3 Å². The molecule has 1 saturated heterocycles. The smallest absolute Gasteiger partial charge is 0.0912 e. The van der Waals surface area contributed by atoms with Crippen LogP contribution in [0.1, 0.15) is 6.92 Å². The number of piperazine rings is 1. The largest absolute Gasteiger partial charge is 0.391 e. The monoisotopic (exact) mass is 264 g/mol. The van der Waals surface area contributed by atoms with Gasteiger partial charge in [0.05, 0.1) is 17.1 Å². The molecule has 0 bridgehead atoms. The lowest BCUT2D eigenvalue weighted by molar-refractivity contribution is 0.151. The fraction of sp³-hybridized carbons (Fsp3) is 0.429. The molecule has 0 radical (unpaired) electrons. The summed E-state index contributed by atoms with van der Waals surface area (Å²) < 4.78 is 0. The van der Waals surface area contributed by atoms with E-state index >= 15 is 0 Å². The van der Waals surface area contributed by atoms with Gasteiger partial charge in [0.25, 0.3) is 0 Å². The second-order valence-electron chi connectivity index (χ2n) is 4.43. The molecule has 0 saturated carbocycles. The molecule has 0 spiro atoms. The van der Waals surface area contributed by atoms with Crippen LogP contribution in [0.25, 0.3) is 0 Å². The Bertz CT molecular complexity index is 394. The first-order chi connectivity index (χ1) is 8.79. The predicted octanol–water partition coefficient (Wildman–Crippen LogP) is 2.03. The van der Waals surface area contributed by atoms with Gasteiger partial charge in [-0.25, -0.2) is 0 Å². The molecule has 2 heterocycles. The van der Waals surface area contributed by atoms with E-state index in [4.69, 9.17) is 0 Å². The van der Waals surface area contributed by atoms with Crippen molar-refractivity contribution in [3.05, 3.63) is 41.8 Å². The van der Waals surface area contributed by atoms with Crippen LogP contribution in [0.5, 0.6) is 0 Å². The van der Waals surface area contributed by atoms with Gasteiger partial charge in [0.1, 0.15) is 0 Å². The van der Waals surface area contributed by atoms with E-state index in [-0.39, 0.29) is 12.1 Å². The first-order valence-electron chi connectivity index (χ1n) is 6.31. The van der Waals surface area contributed by atoms with Crippen LogP contribution in [0.2, 0.25) is 0 Å². The zero-order valence-corrected chi connectivity index (χ0v) is 11.4. The van der Waals surface area contributed by atoms with Crippen molar-refractivity contribution in [2.75, 3.05) is 24.5 Å². The third kappa shape index (κ3) is 3.45. The van der Waals surface area contributed by atoms with Crippen molar-refractivity contribution in [1.82, 2.24) is 5.32 Å².